The fourth-order valence-electron chi connectivity index (χ4n) is 1.75. The highest BCUT2D eigenvalue weighted by Crippen LogP contribution is 2.12. The monoisotopic (exact) mass is 269 g/mol. The van der Waals surface area contributed by atoms with Gasteiger partial charge in [0.2, 0.25) is 0 Å². The van der Waals surface area contributed by atoms with Gasteiger partial charge in [-0.15, -0.1) is 0 Å². The number of nitrogens with two attached hydrogens (primary N) is 1. The van der Waals surface area contributed by atoms with E-state index in [4.69, 9.17) is 10.9 Å². The van der Waals surface area contributed by atoms with Crippen molar-refractivity contribution in [2.75, 3.05) is 6.61 Å². The summed E-state index contributed by atoms with van der Waals surface area (Å²) in [5.41, 5.74) is 6.57. The Balaban J connectivity index is 2.89. The van der Waals surface area contributed by atoms with Crippen molar-refractivity contribution >= 4 is 5.84 Å². The van der Waals surface area contributed by atoms with Crippen LogP contribution in [0.3, 0.4) is 0 Å². The smallest absolute Gasteiger partial charge is 0.170 e. The Hall–Kier alpha value is -1.66. The Morgan fingerprint density at radius 3 is 2.68 bits per heavy atom. The molecule has 0 radical (unpaired) electrons. The lowest BCUT2D eigenvalue weighted by atomic mass is 10.0. The number of hydrogen-bond donors (Lipinski definition) is 4. The van der Waals surface area contributed by atoms with Crippen molar-refractivity contribution in [3.8, 4) is 0 Å². The van der Waals surface area contributed by atoms with Crippen LogP contribution in [0.25, 0.3) is 0 Å². The number of aliphatic hydroxyl groups is 1. The quantitative estimate of drug-likeness (QED) is 0.269. The topological polar surface area (TPSA) is 90.9 Å². The molecule has 0 fully saturated rings. The first-order valence-electron chi connectivity index (χ1n) is 6.10. The van der Waals surface area contributed by atoms with Crippen LogP contribution in [0.2, 0.25) is 0 Å². The maximum atomic E-state index is 13.2. The fraction of sp³-hybridized carbons (Fsp3) is 0.462. The molecular formula is C13H20FN3O2. The summed E-state index contributed by atoms with van der Waals surface area (Å²) in [4.78, 5) is 0. The molecule has 1 atom stereocenters. The summed E-state index contributed by atoms with van der Waals surface area (Å²) in [6, 6.07) is 4.04. The summed E-state index contributed by atoms with van der Waals surface area (Å²) < 4.78 is 13.2. The van der Waals surface area contributed by atoms with E-state index in [1.807, 2.05) is 13.8 Å². The van der Waals surface area contributed by atoms with Gasteiger partial charge in [-0.05, 0) is 23.6 Å². The van der Waals surface area contributed by atoms with Crippen LogP contribution in [-0.4, -0.2) is 28.8 Å². The van der Waals surface area contributed by atoms with Gasteiger partial charge < -0.3 is 21.4 Å². The molecule has 1 aromatic carbocycles. The van der Waals surface area contributed by atoms with E-state index >= 15 is 0 Å². The molecular weight excluding hydrogens is 249 g/mol. The molecule has 5 nitrogen and oxygen atoms in total. The SMILES string of the molecule is CC(C)C(CO)NCc1ccc(F)cc1C(N)=NO. The summed E-state index contributed by atoms with van der Waals surface area (Å²) in [6.07, 6.45) is 0. The Morgan fingerprint density at radius 2 is 2.16 bits per heavy atom. The average Bonchev–Trinajstić information content (AvgIpc) is 2.39. The van der Waals surface area contributed by atoms with Gasteiger partial charge in [-0.2, -0.15) is 0 Å². The molecule has 0 heterocycles. The normalized spacial score (nSPS) is 13.8. The van der Waals surface area contributed by atoms with E-state index in [0.717, 1.165) is 0 Å². The van der Waals surface area contributed by atoms with E-state index in [1.165, 1.54) is 12.1 Å². The minimum atomic E-state index is -0.451. The van der Waals surface area contributed by atoms with Crippen molar-refractivity contribution in [1.82, 2.24) is 5.32 Å². The molecule has 1 rings (SSSR count). The number of nitrogens with one attached hydrogen (secondary N) is 1. The van der Waals surface area contributed by atoms with Gasteiger partial charge in [0.05, 0.1) is 6.61 Å². The van der Waals surface area contributed by atoms with Crippen LogP contribution in [-0.2, 0) is 6.54 Å². The van der Waals surface area contributed by atoms with Crippen LogP contribution in [0.15, 0.2) is 23.4 Å². The maximum absolute atomic E-state index is 13.2. The molecule has 0 aliphatic heterocycles. The number of oxime groups is 1. The van der Waals surface area contributed by atoms with E-state index in [2.05, 4.69) is 10.5 Å². The van der Waals surface area contributed by atoms with E-state index in [0.29, 0.717) is 17.7 Å². The molecule has 0 bridgehead atoms. The number of amidine groups is 1. The van der Waals surface area contributed by atoms with Crippen LogP contribution in [0.4, 0.5) is 4.39 Å². The van der Waals surface area contributed by atoms with Crippen molar-refractivity contribution in [2.24, 2.45) is 16.8 Å². The van der Waals surface area contributed by atoms with Gasteiger partial charge in [-0.25, -0.2) is 4.39 Å². The van der Waals surface area contributed by atoms with E-state index < -0.39 is 5.82 Å². The van der Waals surface area contributed by atoms with Crippen LogP contribution >= 0.6 is 0 Å². The zero-order chi connectivity index (χ0) is 14.4. The Bertz CT molecular complexity index is 450. The summed E-state index contributed by atoms with van der Waals surface area (Å²) in [6.45, 7) is 4.39. The minimum Gasteiger partial charge on any atom is -0.409 e. The van der Waals surface area contributed by atoms with Gasteiger partial charge in [0.15, 0.2) is 5.84 Å². The first-order chi connectivity index (χ1) is 8.99. The number of nitrogens with zero attached hydrogens (tertiary/aromatic N) is 1. The molecule has 0 saturated heterocycles. The molecule has 0 aliphatic carbocycles. The summed E-state index contributed by atoms with van der Waals surface area (Å²) in [5, 5.41) is 24.0. The zero-order valence-corrected chi connectivity index (χ0v) is 11.1. The first kappa shape index (κ1) is 15.4. The van der Waals surface area contributed by atoms with Crippen LogP contribution in [0.1, 0.15) is 25.0 Å². The molecule has 106 valence electrons. The van der Waals surface area contributed by atoms with E-state index in [1.54, 1.807) is 6.07 Å². The molecule has 0 saturated carbocycles. The van der Waals surface area contributed by atoms with Gasteiger partial charge in [-0.1, -0.05) is 25.1 Å². The maximum Gasteiger partial charge on any atom is 0.170 e. The fourth-order valence-corrected chi connectivity index (χ4v) is 1.75. The highest BCUT2D eigenvalue weighted by atomic mass is 19.1. The molecule has 0 aromatic heterocycles. The lowest BCUT2D eigenvalue weighted by molar-refractivity contribution is 0.210. The summed E-state index contributed by atoms with van der Waals surface area (Å²) in [5.74, 6) is -0.327. The Kier molecular flexibility index (Phi) is 5.72. The molecule has 6 heteroatoms. The van der Waals surface area contributed by atoms with Crippen molar-refractivity contribution in [3.63, 3.8) is 0 Å². The standard InChI is InChI=1S/C13H20FN3O2/c1-8(2)12(7-18)16-6-9-3-4-10(14)5-11(9)13(15)17-19/h3-5,8,12,16,18-19H,6-7H2,1-2H3,(H2,15,17). The van der Waals surface area contributed by atoms with Crippen molar-refractivity contribution < 1.29 is 14.7 Å². The molecule has 19 heavy (non-hydrogen) atoms. The molecule has 1 unspecified atom stereocenters. The van der Waals surface area contributed by atoms with Gasteiger partial charge in [-0.3, -0.25) is 0 Å². The van der Waals surface area contributed by atoms with Crippen molar-refractivity contribution in [2.45, 2.75) is 26.4 Å². The number of halogens is 1. The highest BCUT2D eigenvalue weighted by Gasteiger charge is 2.14. The molecule has 1 aromatic rings. The van der Waals surface area contributed by atoms with Crippen LogP contribution in [0.5, 0.6) is 0 Å². The van der Waals surface area contributed by atoms with E-state index in [9.17, 15) is 9.50 Å². The average molecular weight is 269 g/mol. The second-order valence-electron chi connectivity index (χ2n) is 4.70. The second kappa shape index (κ2) is 7.06. The number of hydrogen-bond acceptors (Lipinski definition) is 4. The largest absolute Gasteiger partial charge is 0.409 e. The van der Waals surface area contributed by atoms with Gasteiger partial charge in [0.25, 0.3) is 0 Å². The molecule has 0 amide bonds. The van der Waals surface area contributed by atoms with Crippen molar-refractivity contribution in [1.29, 1.82) is 0 Å². The molecule has 0 spiro atoms. The summed E-state index contributed by atoms with van der Waals surface area (Å²) in [7, 11) is 0. The van der Waals surface area contributed by atoms with E-state index in [-0.39, 0.29) is 24.4 Å². The van der Waals surface area contributed by atoms with Crippen molar-refractivity contribution in [3.05, 3.63) is 35.1 Å². The zero-order valence-electron chi connectivity index (χ0n) is 11.1. The predicted molar refractivity (Wildman–Crippen MR) is 71.5 cm³/mol. The Labute approximate surface area is 111 Å². The highest BCUT2D eigenvalue weighted by molar-refractivity contribution is 5.98. The third-order valence-electron chi connectivity index (χ3n) is 3.01. The molecule has 5 N–H and O–H groups in total. The third-order valence-corrected chi connectivity index (χ3v) is 3.01. The van der Waals surface area contributed by atoms with Crippen LogP contribution in [0, 0.1) is 11.7 Å². The number of rotatable bonds is 6. The number of benzene rings is 1. The lowest BCUT2D eigenvalue weighted by Gasteiger charge is -2.20. The lowest BCUT2D eigenvalue weighted by Crippen LogP contribution is -2.37. The summed E-state index contributed by atoms with van der Waals surface area (Å²) >= 11 is 0. The Morgan fingerprint density at radius 1 is 1.47 bits per heavy atom. The number of aliphatic hydroxyl groups excluding tert-OH is 1. The van der Waals surface area contributed by atoms with Gasteiger partial charge >= 0.3 is 0 Å². The minimum absolute atomic E-state index is 0.0117. The molecule has 0 aliphatic rings. The third kappa shape index (κ3) is 4.18. The van der Waals surface area contributed by atoms with Gasteiger partial charge in [0, 0.05) is 18.2 Å². The van der Waals surface area contributed by atoms with Crippen LogP contribution < -0.4 is 11.1 Å². The second-order valence-corrected chi connectivity index (χ2v) is 4.70. The first-order valence-corrected chi connectivity index (χ1v) is 6.10. The predicted octanol–water partition coefficient (Wildman–Crippen LogP) is 1.03. The van der Waals surface area contributed by atoms with Gasteiger partial charge in [0.1, 0.15) is 5.82 Å².